The number of fused-ring (bicyclic) bond motifs is 1. The number of methoxy groups -OCH3 is 1. The number of benzene rings is 4. The highest BCUT2D eigenvalue weighted by Gasteiger charge is 2.21. The van der Waals surface area contributed by atoms with E-state index in [1.54, 1.807) is 43.3 Å². The molecule has 0 saturated carbocycles. The van der Waals surface area contributed by atoms with Crippen molar-refractivity contribution in [1.29, 1.82) is 0 Å². The highest BCUT2D eigenvalue weighted by molar-refractivity contribution is 7.86. The number of halogens is 2. The van der Waals surface area contributed by atoms with Gasteiger partial charge in [0.15, 0.2) is 5.75 Å². The summed E-state index contributed by atoms with van der Waals surface area (Å²) >= 11 is 12.4. The average molecular weight is 560 g/mol. The number of nitrogens with one attached hydrogen (secondary N) is 1. The fraction of sp³-hybridized carbons (Fsp3) is 0.0800. The predicted molar refractivity (Wildman–Crippen MR) is 142 cm³/mol. The van der Waals surface area contributed by atoms with Crippen LogP contribution in [-0.2, 0) is 10.1 Å². The Bertz CT molecular complexity index is 1690. The third kappa shape index (κ3) is 5.37. The summed E-state index contributed by atoms with van der Waals surface area (Å²) in [6.45, 7) is 1.62. The zero-order valence-corrected chi connectivity index (χ0v) is 21.7. The van der Waals surface area contributed by atoms with E-state index in [2.05, 4.69) is 15.5 Å². The molecule has 4 aromatic rings. The standard InChI is InChI=1S/C25H19Cl2N3O6S/c1-13-7-10-20(37(33,34)35)21(27)22(13)29-30-23-16-6-4-3-5-14(16)11-17(24(23)31)25(32)28-19-12-15(36-2)8-9-18(19)26/h3-12,31H,1-2H3,(H,28,32)(H,33,34,35). The number of amides is 1. The molecule has 0 unspecified atom stereocenters. The smallest absolute Gasteiger partial charge is 0.296 e. The van der Waals surface area contributed by atoms with Crippen molar-refractivity contribution in [3.8, 4) is 11.5 Å². The summed E-state index contributed by atoms with van der Waals surface area (Å²) in [6, 6.07) is 15.6. The monoisotopic (exact) mass is 559 g/mol. The van der Waals surface area contributed by atoms with Gasteiger partial charge >= 0.3 is 0 Å². The van der Waals surface area contributed by atoms with E-state index < -0.39 is 26.7 Å². The molecular weight excluding hydrogens is 541 g/mol. The van der Waals surface area contributed by atoms with Crippen LogP contribution in [0.15, 0.2) is 75.8 Å². The maximum Gasteiger partial charge on any atom is 0.296 e. The van der Waals surface area contributed by atoms with Crippen molar-refractivity contribution in [3.63, 3.8) is 0 Å². The number of azo groups is 1. The largest absolute Gasteiger partial charge is 0.505 e. The second kappa shape index (κ2) is 10.3. The Hall–Kier alpha value is -3.70. The zero-order valence-electron chi connectivity index (χ0n) is 19.4. The first-order chi connectivity index (χ1) is 17.5. The van der Waals surface area contributed by atoms with Gasteiger partial charge in [0.2, 0.25) is 0 Å². The predicted octanol–water partition coefficient (Wildman–Crippen LogP) is 7.08. The summed E-state index contributed by atoms with van der Waals surface area (Å²) in [6.07, 6.45) is 0. The number of carbonyl (C=O) groups is 1. The van der Waals surface area contributed by atoms with Gasteiger partial charge in [-0.05, 0) is 42.1 Å². The number of phenolic OH excluding ortho intramolecular Hbond substituents is 1. The minimum absolute atomic E-state index is 0.0294. The summed E-state index contributed by atoms with van der Waals surface area (Å²) in [5.41, 5.74) is 0.546. The van der Waals surface area contributed by atoms with E-state index in [1.807, 2.05) is 0 Å². The summed E-state index contributed by atoms with van der Waals surface area (Å²) in [4.78, 5) is 12.6. The van der Waals surface area contributed by atoms with Crippen molar-refractivity contribution in [1.82, 2.24) is 0 Å². The van der Waals surface area contributed by atoms with Crippen LogP contribution in [-0.4, -0.2) is 31.1 Å². The fourth-order valence-electron chi connectivity index (χ4n) is 3.57. The molecule has 37 heavy (non-hydrogen) atoms. The first kappa shape index (κ1) is 26.4. The third-order valence-corrected chi connectivity index (χ3v) is 7.19. The number of aryl methyl sites for hydroxylation is 1. The van der Waals surface area contributed by atoms with Gasteiger partial charge in [-0.1, -0.05) is 53.5 Å². The van der Waals surface area contributed by atoms with Gasteiger partial charge in [-0.15, -0.1) is 10.2 Å². The lowest BCUT2D eigenvalue weighted by atomic mass is 10.0. The summed E-state index contributed by atoms with van der Waals surface area (Å²) in [5, 5.41) is 22.9. The molecule has 12 heteroatoms. The van der Waals surface area contributed by atoms with Crippen molar-refractivity contribution >= 4 is 67.1 Å². The van der Waals surface area contributed by atoms with Crippen molar-refractivity contribution in [2.24, 2.45) is 10.2 Å². The lowest BCUT2D eigenvalue weighted by Gasteiger charge is -2.13. The quantitative estimate of drug-likeness (QED) is 0.170. The maximum atomic E-state index is 13.2. The van der Waals surface area contributed by atoms with Gasteiger partial charge in [-0.25, -0.2) is 0 Å². The number of nitrogens with zero attached hydrogens (tertiary/aromatic N) is 2. The van der Waals surface area contributed by atoms with Crippen LogP contribution < -0.4 is 10.1 Å². The Balaban J connectivity index is 1.83. The van der Waals surface area contributed by atoms with Gasteiger partial charge in [0.25, 0.3) is 16.0 Å². The Morgan fingerprint density at radius 1 is 1.00 bits per heavy atom. The maximum absolute atomic E-state index is 13.2. The number of phenols is 1. The van der Waals surface area contributed by atoms with Crippen LogP contribution in [0.3, 0.4) is 0 Å². The molecule has 0 heterocycles. The molecule has 190 valence electrons. The molecule has 3 N–H and O–H groups in total. The molecule has 0 fully saturated rings. The van der Waals surface area contributed by atoms with Gasteiger partial charge in [-0.3, -0.25) is 9.35 Å². The summed E-state index contributed by atoms with van der Waals surface area (Å²) in [5.74, 6) is -0.674. The topological polar surface area (TPSA) is 138 Å². The molecule has 4 aromatic carbocycles. The van der Waals surface area contributed by atoms with Crippen LogP contribution in [0.2, 0.25) is 10.0 Å². The molecule has 0 radical (unpaired) electrons. The summed E-state index contributed by atoms with van der Waals surface area (Å²) < 4.78 is 37.9. The first-order valence-corrected chi connectivity index (χ1v) is 12.8. The Morgan fingerprint density at radius 2 is 1.70 bits per heavy atom. The Labute approximate surface area is 222 Å². The molecule has 0 aliphatic rings. The average Bonchev–Trinajstić information content (AvgIpc) is 2.85. The Kier molecular flexibility index (Phi) is 7.37. The molecule has 9 nitrogen and oxygen atoms in total. The molecule has 0 bridgehead atoms. The minimum atomic E-state index is -4.61. The molecule has 0 spiro atoms. The molecule has 0 aliphatic carbocycles. The lowest BCUT2D eigenvalue weighted by Crippen LogP contribution is -2.12. The molecule has 0 saturated heterocycles. The number of carbonyl (C=O) groups excluding carboxylic acids is 1. The van der Waals surface area contributed by atoms with Crippen LogP contribution in [0.1, 0.15) is 15.9 Å². The van der Waals surface area contributed by atoms with E-state index in [9.17, 15) is 22.9 Å². The normalized spacial score (nSPS) is 11.7. The Morgan fingerprint density at radius 3 is 2.41 bits per heavy atom. The highest BCUT2D eigenvalue weighted by atomic mass is 35.5. The number of ether oxygens (including phenoxy) is 1. The van der Waals surface area contributed by atoms with Crippen LogP contribution in [0, 0.1) is 6.92 Å². The van der Waals surface area contributed by atoms with Crippen LogP contribution in [0.25, 0.3) is 10.8 Å². The van der Waals surface area contributed by atoms with Crippen molar-refractivity contribution in [2.45, 2.75) is 11.8 Å². The van der Waals surface area contributed by atoms with Gasteiger partial charge in [0.1, 0.15) is 22.0 Å². The molecule has 0 aromatic heterocycles. The molecule has 0 aliphatic heterocycles. The van der Waals surface area contributed by atoms with Crippen LogP contribution in [0.5, 0.6) is 11.5 Å². The van der Waals surface area contributed by atoms with E-state index in [1.165, 1.54) is 25.3 Å². The number of aromatic hydroxyl groups is 1. The van der Waals surface area contributed by atoms with E-state index in [-0.39, 0.29) is 32.7 Å². The van der Waals surface area contributed by atoms with Crippen LogP contribution in [0.4, 0.5) is 17.1 Å². The van der Waals surface area contributed by atoms with Crippen molar-refractivity contribution in [3.05, 3.63) is 81.8 Å². The number of hydrogen-bond donors (Lipinski definition) is 3. The van der Waals surface area contributed by atoms with Gasteiger partial charge in [0, 0.05) is 11.5 Å². The third-order valence-electron chi connectivity index (χ3n) is 5.47. The van der Waals surface area contributed by atoms with E-state index in [4.69, 9.17) is 27.9 Å². The number of anilines is 1. The van der Waals surface area contributed by atoms with E-state index in [0.29, 0.717) is 22.1 Å². The molecule has 0 atom stereocenters. The summed E-state index contributed by atoms with van der Waals surface area (Å²) in [7, 11) is -3.14. The first-order valence-electron chi connectivity index (χ1n) is 10.6. The van der Waals surface area contributed by atoms with Crippen molar-refractivity contribution in [2.75, 3.05) is 12.4 Å². The lowest BCUT2D eigenvalue weighted by molar-refractivity contribution is 0.102. The molecular formula is C25H19Cl2N3O6S. The van der Waals surface area contributed by atoms with Gasteiger partial charge in [-0.2, -0.15) is 8.42 Å². The van der Waals surface area contributed by atoms with Gasteiger partial charge in [0.05, 0.1) is 28.4 Å². The second-order valence-electron chi connectivity index (χ2n) is 7.86. The number of rotatable bonds is 6. The minimum Gasteiger partial charge on any atom is -0.505 e. The number of hydrogen-bond acceptors (Lipinski definition) is 7. The van der Waals surface area contributed by atoms with Crippen molar-refractivity contribution < 1.29 is 27.6 Å². The SMILES string of the molecule is COc1ccc(Cl)c(NC(=O)c2cc3ccccc3c(N=Nc3c(C)ccc(S(=O)(=O)O)c3Cl)c2O)c1. The van der Waals surface area contributed by atoms with E-state index in [0.717, 1.165) is 6.07 Å². The molecule has 1 amide bonds. The fourth-order valence-corrected chi connectivity index (χ4v) is 4.84. The van der Waals surface area contributed by atoms with Crippen LogP contribution >= 0.6 is 23.2 Å². The highest BCUT2D eigenvalue weighted by Crippen LogP contribution is 2.42. The zero-order chi connectivity index (χ0) is 26.9. The van der Waals surface area contributed by atoms with E-state index >= 15 is 0 Å². The molecule has 4 rings (SSSR count). The second-order valence-corrected chi connectivity index (χ2v) is 10.0. The van der Waals surface area contributed by atoms with Gasteiger partial charge < -0.3 is 15.2 Å².